The topological polar surface area (TPSA) is 29.1 Å². The molecule has 0 aliphatic carbocycles. The summed E-state index contributed by atoms with van der Waals surface area (Å²) in [6.07, 6.45) is 3.15. The molecule has 1 atom stereocenters. The molecule has 0 aromatic heterocycles. The molecule has 1 aromatic carbocycles. The Bertz CT molecular complexity index is 377. The molecule has 1 N–H and O–H groups in total. The molecule has 2 nitrogen and oxygen atoms in total. The van der Waals surface area contributed by atoms with Crippen molar-refractivity contribution in [3.63, 3.8) is 0 Å². The minimum atomic E-state index is -0.378. The van der Waals surface area contributed by atoms with Crippen LogP contribution in [0.15, 0.2) is 24.3 Å². The van der Waals surface area contributed by atoms with Gasteiger partial charge in [-0.3, -0.25) is 4.79 Å². The maximum absolute atomic E-state index is 13.3. The van der Waals surface area contributed by atoms with Gasteiger partial charge in [-0.25, -0.2) is 4.39 Å². The minimum absolute atomic E-state index is 0.0200. The number of hydrogen-bond donors (Lipinski definition) is 1. The van der Waals surface area contributed by atoms with E-state index in [0.717, 1.165) is 18.6 Å². The molecule has 2 rings (SSSR count). The van der Waals surface area contributed by atoms with Crippen molar-refractivity contribution in [2.75, 3.05) is 11.1 Å². The van der Waals surface area contributed by atoms with Gasteiger partial charge in [-0.05, 0) is 30.7 Å². The molecule has 0 spiro atoms. The number of halogens is 1. The van der Waals surface area contributed by atoms with Crippen LogP contribution in [0.5, 0.6) is 0 Å². The van der Waals surface area contributed by atoms with Crippen molar-refractivity contribution in [3.8, 4) is 0 Å². The Labute approximate surface area is 98.6 Å². The fourth-order valence-electron chi connectivity index (χ4n) is 1.72. The van der Waals surface area contributed by atoms with Crippen LogP contribution in [-0.2, 0) is 4.79 Å². The summed E-state index contributed by atoms with van der Waals surface area (Å²) in [7, 11) is 0. The summed E-state index contributed by atoms with van der Waals surface area (Å²) < 4.78 is 13.3. The summed E-state index contributed by atoms with van der Waals surface area (Å²) in [5, 5.41) is 2.63. The Hall–Kier alpha value is -1.03. The molecule has 0 radical (unpaired) electrons. The van der Waals surface area contributed by atoms with Crippen molar-refractivity contribution < 1.29 is 9.18 Å². The number of amides is 1. The maximum Gasteiger partial charge on any atom is 0.237 e. The normalized spacial score (nSPS) is 20.4. The molecular formula is C12H14FNOS. The third kappa shape index (κ3) is 2.76. The first kappa shape index (κ1) is 11.5. The Morgan fingerprint density at radius 3 is 2.88 bits per heavy atom. The molecule has 4 heteroatoms. The zero-order valence-corrected chi connectivity index (χ0v) is 9.73. The fraction of sp³-hybridized carbons (Fsp3) is 0.417. The van der Waals surface area contributed by atoms with Gasteiger partial charge in [0.2, 0.25) is 5.91 Å². The van der Waals surface area contributed by atoms with Crippen LogP contribution >= 0.6 is 11.8 Å². The second-order valence-corrected chi connectivity index (χ2v) is 5.13. The number of para-hydroxylation sites is 1. The second kappa shape index (κ2) is 5.34. The largest absolute Gasteiger partial charge is 0.323 e. The van der Waals surface area contributed by atoms with Crippen LogP contribution in [0.25, 0.3) is 0 Å². The summed E-state index contributed by atoms with van der Waals surface area (Å²) in [5.74, 6) is 0.571. The van der Waals surface area contributed by atoms with Crippen molar-refractivity contribution >= 4 is 23.4 Å². The van der Waals surface area contributed by atoms with E-state index in [1.807, 2.05) is 0 Å². The van der Waals surface area contributed by atoms with Crippen molar-refractivity contribution in [3.05, 3.63) is 30.1 Å². The van der Waals surface area contributed by atoms with Gasteiger partial charge in [0.05, 0.1) is 10.9 Å². The number of carbonyl (C=O) groups excluding carboxylic acids is 1. The van der Waals surface area contributed by atoms with Crippen LogP contribution in [0.4, 0.5) is 10.1 Å². The van der Waals surface area contributed by atoms with E-state index in [0.29, 0.717) is 0 Å². The smallest absolute Gasteiger partial charge is 0.237 e. The Balaban J connectivity index is 1.99. The van der Waals surface area contributed by atoms with Crippen molar-refractivity contribution in [1.82, 2.24) is 0 Å². The highest BCUT2D eigenvalue weighted by Gasteiger charge is 2.22. The highest BCUT2D eigenvalue weighted by atomic mass is 32.2. The van der Waals surface area contributed by atoms with Gasteiger partial charge in [-0.2, -0.15) is 0 Å². The first-order chi connectivity index (χ1) is 7.77. The summed E-state index contributed by atoms with van der Waals surface area (Å²) in [6.45, 7) is 0. The van der Waals surface area contributed by atoms with E-state index in [1.54, 1.807) is 30.0 Å². The maximum atomic E-state index is 13.3. The lowest BCUT2D eigenvalue weighted by atomic mass is 10.2. The fourth-order valence-corrected chi connectivity index (χ4v) is 2.92. The monoisotopic (exact) mass is 239 g/mol. The number of carbonyl (C=O) groups is 1. The summed E-state index contributed by atoms with van der Waals surface area (Å²) in [4.78, 5) is 11.8. The number of rotatable bonds is 2. The van der Waals surface area contributed by atoms with Crippen molar-refractivity contribution in [2.45, 2.75) is 24.5 Å². The minimum Gasteiger partial charge on any atom is -0.323 e. The molecule has 86 valence electrons. The number of anilines is 1. The summed E-state index contributed by atoms with van der Waals surface area (Å²) in [5.41, 5.74) is 0.277. The van der Waals surface area contributed by atoms with Crippen LogP contribution in [0.2, 0.25) is 0 Å². The molecule has 1 fully saturated rings. The highest BCUT2D eigenvalue weighted by molar-refractivity contribution is 8.00. The molecule has 1 saturated heterocycles. The number of thioether (sulfide) groups is 1. The van der Waals surface area contributed by atoms with Crippen LogP contribution in [0, 0.1) is 5.82 Å². The quantitative estimate of drug-likeness (QED) is 0.859. The van der Waals surface area contributed by atoms with Gasteiger partial charge in [-0.1, -0.05) is 18.6 Å². The summed E-state index contributed by atoms with van der Waals surface area (Å²) in [6, 6.07) is 6.26. The summed E-state index contributed by atoms with van der Waals surface area (Å²) >= 11 is 1.66. The molecule has 16 heavy (non-hydrogen) atoms. The van der Waals surface area contributed by atoms with Crippen LogP contribution < -0.4 is 5.32 Å². The second-order valence-electron chi connectivity index (χ2n) is 3.82. The molecule has 0 bridgehead atoms. The number of nitrogens with one attached hydrogen (secondary N) is 1. The van der Waals surface area contributed by atoms with Crippen LogP contribution in [-0.4, -0.2) is 16.9 Å². The van der Waals surface area contributed by atoms with Crippen LogP contribution in [0.3, 0.4) is 0 Å². The van der Waals surface area contributed by atoms with Gasteiger partial charge in [0.15, 0.2) is 0 Å². The molecule has 1 aromatic rings. The molecule has 1 amide bonds. The lowest BCUT2D eigenvalue weighted by Crippen LogP contribution is -2.27. The predicted molar refractivity (Wildman–Crippen MR) is 65.1 cm³/mol. The lowest BCUT2D eigenvalue weighted by Gasteiger charge is -2.20. The zero-order valence-electron chi connectivity index (χ0n) is 8.91. The highest BCUT2D eigenvalue weighted by Crippen LogP contribution is 2.26. The van der Waals surface area contributed by atoms with E-state index in [1.165, 1.54) is 12.5 Å². The zero-order chi connectivity index (χ0) is 11.4. The molecule has 0 saturated carbocycles. The third-order valence-corrected chi connectivity index (χ3v) is 3.98. The number of hydrogen-bond acceptors (Lipinski definition) is 2. The van der Waals surface area contributed by atoms with E-state index < -0.39 is 0 Å². The van der Waals surface area contributed by atoms with Crippen LogP contribution in [0.1, 0.15) is 19.3 Å². The van der Waals surface area contributed by atoms with Gasteiger partial charge in [0.25, 0.3) is 0 Å². The molecular weight excluding hydrogens is 225 g/mol. The number of benzene rings is 1. The predicted octanol–water partition coefficient (Wildman–Crippen LogP) is 3.05. The lowest BCUT2D eigenvalue weighted by molar-refractivity contribution is -0.115. The van der Waals surface area contributed by atoms with Crippen molar-refractivity contribution in [2.24, 2.45) is 0 Å². The van der Waals surface area contributed by atoms with Gasteiger partial charge < -0.3 is 5.32 Å². The SMILES string of the molecule is O=C(Nc1ccccc1F)C1CCCCS1. The van der Waals surface area contributed by atoms with Gasteiger partial charge >= 0.3 is 0 Å². The van der Waals surface area contributed by atoms with E-state index in [4.69, 9.17) is 0 Å². The average Bonchev–Trinajstić information content (AvgIpc) is 2.33. The van der Waals surface area contributed by atoms with E-state index in [2.05, 4.69) is 5.32 Å². The van der Waals surface area contributed by atoms with Crippen molar-refractivity contribution in [1.29, 1.82) is 0 Å². The van der Waals surface area contributed by atoms with Gasteiger partial charge in [-0.15, -0.1) is 11.8 Å². The third-order valence-electron chi connectivity index (χ3n) is 2.60. The van der Waals surface area contributed by atoms with E-state index >= 15 is 0 Å². The molecule has 1 heterocycles. The standard InChI is InChI=1S/C12H14FNOS/c13-9-5-1-2-6-10(9)14-12(15)11-7-3-4-8-16-11/h1-2,5-6,11H,3-4,7-8H2,(H,14,15). The Kier molecular flexibility index (Phi) is 3.83. The first-order valence-electron chi connectivity index (χ1n) is 5.44. The van der Waals surface area contributed by atoms with E-state index in [-0.39, 0.29) is 22.7 Å². The average molecular weight is 239 g/mol. The van der Waals surface area contributed by atoms with E-state index in [9.17, 15) is 9.18 Å². The Morgan fingerprint density at radius 2 is 2.19 bits per heavy atom. The molecule has 1 aliphatic heterocycles. The first-order valence-corrected chi connectivity index (χ1v) is 6.49. The van der Waals surface area contributed by atoms with Gasteiger partial charge in [0.1, 0.15) is 5.82 Å². The van der Waals surface area contributed by atoms with Gasteiger partial charge in [0, 0.05) is 0 Å². The Morgan fingerprint density at radius 1 is 1.38 bits per heavy atom. The molecule has 1 unspecified atom stereocenters. The molecule has 1 aliphatic rings.